The number of rotatable bonds is 5. The summed E-state index contributed by atoms with van der Waals surface area (Å²) in [5, 5.41) is 3.67. The van der Waals surface area contributed by atoms with E-state index in [1.54, 1.807) is 11.3 Å². The van der Waals surface area contributed by atoms with Crippen LogP contribution in [-0.2, 0) is 6.42 Å². The number of hydrogen-bond donors (Lipinski definition) is 1. The minimum atomic E-state index is 0. The fraction of sp³-hybridized carbons (Fsp3) is 0.706. The Labute approximate surface area is 143 Å². The Balaban J connectivity index is 0.00000176. The van der Waals surface area contributed by atoms with Crippen molar-refractivity contribution in [3.05, 3.63) is 21.4 Å². The van der Waals surface area contributed by atoms with E-state index in [0.717, 1.165) is 43.1 Å². The lowest BCUT2D eigenvalue weighted by atomic mass is 10.0. The minimum absolute atomic E-state index is 0. The lowest BCUT2D eigenvalue weighted by molar-refractivity contribution is 0.0710. The molecule has 3 nitrogen and oxygen atoms in total. The second-order valence-electron chi connectivity index (χ2n) is 6.49. The summed E-state index contributed by atoms with van der Waals surface area (Å²) in [5.41, 5.74) is 1.27. The van der Waals surface area contributed by atoms with Crippen molar-refractivity contribution in [2.24, 2.45) is 5.92 Å². The predicted octanol–water partition coefficient (Wildman–Crippen LogP) is 3.64. The van der Waals surface area contributed by atoms with Gasteiger partial charge in [-0.3, -0.25) is 4.79 Å². The largest absolute Gasteiger partial charge is 0.338 e. The van der Waals surface area contributed by atoms with Gasteiger partial charge in [-0.25, -0.2) is 0 Å². The molecule has 22 heavy (non-hydrogen) atoms. The van der Waals surface area contributed by atoms with Crippen molar-refractivity contribution < 1.29 is 4.79 Å². The van der Waals surface area contributed by atoms with Crippen LogP contribution in [0.1, 0.15) is 52.7 Å². The summed E-state index contributed by atoms with van der Waals surface area (Å²) in [5.74, 6) is 1.18. The first-order chi connectivity index (χ1) is 10.2. The molecule has 1 aliphatic carbocycles. The molecule has 1 saturated carbocycles. The SMILES string of the molecule is CCc1sc(C(=O)N2CCC(NCC3CC3)CC2)cc1C.Cl. The third-order valence-electron chi connectivity index (χ3n) is 4.73. The molecule has 5 heteroatoms. The average molecular weight is 343 g/mol. The number of likely N-dealkylation sites (tertiary alicyclic amines) is 1. The van der Waals surface area contributed by atoms with Gasteiger partial charge in [0.2, 0.25) is 0 Å². The van der Waals surface area contributed by atoms with Crippen molar-refractivity contribution in [1.82, 2.24) is 10.2 Å². The number of carbonyl (C=O) groups is 1. The summed E-state index contributed by atoms with van der Waals surface area (Å²) >= 11 is 1.68. The Morgan fingerprint density at radius 2 is 2.00 bits per heavy atom. The van der Waals surface area contributed by atoms with Gasteiger partial charge in [-0.1, -0.05) is 6.92 Å². The molecule has 2 fully saturated rings. The summed E-state index contributed by atoms with van der Waals surface area (Å²) in [4.78, 5) is 16.9. The molecule has 0 aromatic carbocycles. The molecule has 1 aliphatic heterocycles. The maximum atomic E-state index is 12.6. The van der Waals surface area contributed by atoms with Crippen molar-refractivity contribution in [3.63, 3.8) is 0 Å². The van der Waals surface area contributed by atoms with Crippen LogP contribution in [0.4, 0.5) is 0 Å². The van der Waals surface area contributed by atoms with Crippen molar-refractivity contribution in [2.45, 2.75) is 52.0 Å². The number of nitrogens with zero attached hydrogens (tertiary/aromatic N) is 1. The predicted molar refractivity (Wildman–Crippen MR) is 95.3 cm³/mol. The molecule has 2 heterocycles. The highest BCUT2D eigenvalue weighted by molar-refractivity contribution is 7.14. The molecule has 1 N–H and O–H groups in total. The van der Waals surface area contributed by atoms with Crippen LogP contribution in [0.2, 0.25) is 0 Å². The Bertz CT molecular complexity index is 505. The smallest absolute Gasteiger partial charge is 0.263 e. The van der Waals surface area contributed by atoms with Crippen LogP contribution < -0.4 is 5.32 Å². The van der Waals surface area contributed by atoms with Gasteiger partial charge >= 0.3 is 0 Å². The number of thiophene rings is 1. The number of hydrogen-bond acceptors (Lipinski definition) is 3. The van der Waals surface area contributed by atoms with Crippen LogP contribution in [0, 0.1) is 12.8 Å². The van der Waals surface area contributed by atoms with E-state index < -0.39 is 0 Å². The quantitative estimate of drug-likeness (QED) is 0.885. The molecule has 124 valence electrons. The molecule has 1 aromatic rings. The molecule has 0 spiro atoms. The van der Waals surface area contributed by atoms with Gasteiger partial charge in [-0.05, 0) is 63.1 Å². The summed E-state index contributed by atoms with van der Waals surface area (Å²) in [6, 6.07) is 2.69. The number of piperidine rings is 1. The van der Waals surface area contributed by atoms with Crippen LogP contribution in [0.5, 0.6) is 0 Å². The fourth-order valence-corrected chi connectivity index (χ4v) is 4.16. The average Bonchev–Trinajstić information content (AvgIpc) is 3.26. The summed E-state index contributed by atoms with van der Waals surface area (Å²) in [6.45, 7) is 7.26. The lowest BCUT2D eigenvalue weighted by Crippen LogP contribution is -2.45. The first kappa shape index (κ1) is 17.8. The third-order valence-corrected chi connectivity index (χ3v) is 6.10. The monoisotopic (exact) mass is 342 g/mol. The van der Waals surface area contributed by atoms with Gasteiger partial charge in [0.05, 0.1) is 4.88 Å². The zero-order valence-electron chi connectivity index (χ0n) is 13.6. The second kappa shape index (κ2) is 7.80. The van der Waals surface area contributed by atoms with Gasteiger partial charge in [0.1, 0.15) is 0 Å². The highest BCUT2D eigenvalue weighted by atomic mass is 35.5. The first-order valence-electron chi connectivity index (χ1n) is 8.29. The summed E-state index contributed by atoms with van der Waals surface area (Å²) < 4.78 is 0. The van der Waals surface area contributed by atoms with Crippen LogP contribution in [0.15, 0.2) is 6.07 Å². The van der Waals surface area contributed by atoms with Crippen LogP contribution >= 0.6 is 23.7 Å². The number of halogens is 1. The van der Waals surface area contributed by atoms with Crippen molar-refractivity contribution >= 4 is 29.7 Å². The van der Waals surface area contributed by atoms with E-state index in [-0.39, 0.29) is 18.3 Å². The van der Waals surface area contributed by atoms with Crippen LogP contribution in [0.25, 0.3) is 0 Å². The molecule has 1 amide bonds. The Morgan fingerprint density at radius 3 is 2.55 bits per heavy atom. The highest BCUT2D eigenvalue weighted by Gasteiger charge is 2.27. The molecular formula is C17H27ClN2OS. The van der Waals surface area contributed by atoms with Gasteiger partial charge in [-0.15, -0.1) is 23.7 Å². The topological polar surface area (TPSA) is 32.3 Å². The van der Waals surface area contributed by atoms with E-state index >= 15 is 0 Å². The van der Waals surface area contributed by atoms with Gasteiger partial charge in [0.25, 0.3) is 5.91 Å². The summed E-state index contributed by atoms with van der Waals surface area (Å²) in [6.07, 6.45) is 6.04. The molecule has 1 saturated heterocycles. The molecule has 0 radical (unpaired) electrons. The van der Waals surface area contributed by atoms with Crippen LogP contribution in [0.3, 0.4) is 0 Å². The van der Waals surface area contributed by atoms with Gasteiger partial charge < -0.3 is 10.2 Å². The Kier molecular flexibility index (Phi) is 6.30. The third kappa shape index (κ3) is 4.24. The number of nitrogens with one attached hydrogen (secondary N) is 1. The minimum Gasteiger partial charge on any atom is -0.338 e. The van der Waals surface area contributed by atoms with Crippen molar-refractivity contribution in [3.8, 4) is 0 Å². The maximum absolute atomic E-state index is 12.6. The molecule has 2 aliphatic rings. The molecular weight excluding hydrogens is 316 g/mol. The number of aryl methyl sites for hydroxylation is 2. The van der Waals surface area contributed by atoms with E-state index in [1.165, 1.54) is 29.8 Å². The normalized spacial score (nSPS) is 19.1. The first-order valence-corrected chi connectivity index (χ1v) is 9.11. The van der Waals surface area contributed by atoms with E-state index in [4.69, 9.17) is 0 Å². The zero-order valence-corrected chi connectivity index (χ0v) is 15.2. The number of carbonyl (C=O) groups excluding carboxylic acids is 1. The van der Waals surface area contributed by atoms with Crippen LogP contribution in [-0.4, -0.2) is 36.5 Å². The van der Waals surface area contributed by atoms with Gasteiger partial charge in [-0.2, -0.15) is 0 Å². The number of amides is 1. The zero-order chi connectivity index (χ0) is 14.8. The summed E-state index contributed by atoms with van der Waals surface area (Å²) in [7, 11) is 0. The van der Waals surface area contributed by atoms with E-state index in [2.05, 4.69) is 25.2 Å². The van der Waals surface area contributed by atoms with Gasteiger partial charge in [0.15, 0.2) is 0 Å². The lowest BCUT2D eigenvalue weighted by Gasteiger charge is -2.32. The molecule has 3 rings (SSSR count). The molecule has 0 unspecified atom stereocenters. The fourth-order valence-electron chi connectivity index (χ4n) is 3.07. The van der Waals surface area contributed by atoms with E-state index in [1.807, 2.05) is 4.90 Å². The Morgan fingerprint density at radius 1 is 1.32 bits per heavy atom. The highest BCUT2D eigenvalue weighted by Crippen LogP contribution is 2.28. The van der Waals surface area contributed by atoms with E-state index in [9.17, 15) is 4.79 Å². The molecule has 1 aromatic heterocycles. The standard InChI is InChI=1S/C17H26N2OS.ClH/c1-3-15-12(2)10-16(21-15)17(20)19-8-6-14(7-9-19)18-11-13-4-5-13;/h10,13-14,18H,3-9,11H2,1-2H3;1H. The van der Waals surface area contributed by atoms with E-state index in [0.29, 0.717) is 6.04 Å². The second-order valence-corrected chi connectivity index (χ2v) is 7.63. The van der Waals surface area contributed by atoms with Gasteiger partial charge in [0, 0.05) is 24.0 Å². The molecule has 0 bridgehead atoms. The maximum Gasteiger partial charge on any atom is 0.263 e. The molecule has 0 atom stereocenters. The Hall–Kier alpha value is -0.580. The van der Waals surface area contributed by atoms with Crippen molar-refractivity contribution in [2.75, 3.05) is 19.6 Å². The van der Waals surface area contributed by atoms with Crippen molar-refractivity contribution in [1.29, 1.82) is 0 Å².